The van der Waals surface area contributed by atoms with E-state index in [1.54, 1.807) is 0 Å². The summed E-state index contributed by atoms with van der Waals surface area (Å²) in [6.45, 7) is 1.61. The maximum Gasteiger partial charge on any atom is 0.433 e. The van der Waals surface area contributed by atoms with Crippen LogP contribution in [0.15, 0.2) is 18.3 Å². The monoisotopic (exact) mass is 273 g/mol. The third-order valence-electron chi connectivity index (χ3n) is 2.95. The van der Waals surface area contributed by atoms with Crippen LogP contribution >= 0.6 is 0 Å². The van der Waals surface area contributed by atoms with Gasteiger partial charge >= 0.3 is 6.18 Å². The minimum Gasteiger partial charge on any atom is -0.348 e. The molecule has 0 aromatic carbocycles. The second-order valence-electron chi connectivity index (χ2n) is 4.45. The first-order valence-corrected chi connectivity index (χ1v) is 6.01. The number of aromatic nitrogens is 1. The molecule has 104 valence electrons. The van der Waals surface area contributed by atoms with Crippen LogP contribution in [-0.4, -0.2) is 30.0 Å². The highest BCUT2D eigenvalue weighted by Crippen LogP contribution is 2.27. The van der Waals surface area contributed by atoms with Crippen molar-refractivity contribution >= 4 is 5.91 Å². The molecular weight excluding hydrogens is 259 g/mol. The summed E-state index contributed by atoms with van der Waals surface area (Å²) >= 11 is 0. The first-order chi connectivity index (χ1) is 8.97. The van der Waals surface area contributed by atoms with Crippen LogP contribution in [0.4, 0.5) is 13.2 Å². The number of hydrogen-bond donors (Lipinski definition) is 2. The molecular formula is C12H14F3N3O. The smallest absolute Gasteiger partial charge is 0.348 e. The zero-order valence-corrected chi connectivity index (χ0v) is 10.1. The first kappa shape index (κ1) is 13.8. The molecule has 2 rings (SSSR count). The highest BCUT2D eigenvalue weighted by molar-refractivity contribution is 5.94. The summed E-state index contributed by atoms with van der Waals surface area (Å²) in [5.41, 5.74) is -0.859. The van der Waals surface area contributed by atoms with Crippen molar-refractivity contribution in [3.63, 3.8) is 0 Å². The molecule has 0 spiro atoms. The molecule has 2 heterocycles. The van der Waals surface area contributed by atoms with Crippen LogP contribution in [0.25, 0.3) is 0 Å². The second kappa shape index (κ2) is 5.56. The molecule has 1 aliphatic heterocycles. The fraction of sp³-hybridized carbons (Fsp3) is 0.500. The van der Waals surface area contributed by atoms with Crippen molar-refractivity contribution in [1.82, 2.24) is 15.6 Å². The van der Waals surface area contributed by atoms with E-state index in [0.29, 0.717) is 6.54 Å². The number of piperidine rings is 1. The van der Waals surface area contributed by atoms with Crippen molar-refractivity contribution in [1.29, 1.82) is 0 Å². The van der Waals surface area contributed by atoms with Crippen LogP contribution in [-0.2, 0) is 6.18 Å². The quantitative estimate of drug-likeness (QED) is 0.860. The molecule has 1 atom stereocenters. The van der Waals surface area contributed by atoms with Gasteiger partial charge in [-0.3, -0.25) is 9.78 Å². The van der Waals surface area contributed by atoms with Gasteiger partial charge in [-0.25, -0.2) is 0 Å². The van der Waals surface area contributed by atoms with Gasteiger partial charge in [0.15, 0.2) is 0 Å². The van der Waals surface area contributed by atoms with Crippen LogP contribution < -0.4 is 10.6 Å². The Hall–Kier alpha value is -1.63. The largest absolute Gasteiger partial charge is 0.433 e. The highest BCUT2D eigenvalue weighted by atomic mass is 19.4. The van der Waals surface area contributed by atoms with E-state index in [4.69, 9.17) is 0 Å². The van der Waals surface area contributed by atoms with Crippen molar-refractivity contribution in [2.45, 2.75) is 25.1 Å². The number of hydrogen-bond acceptors (Lipinski definition) is 3. The first-order valence-electron chi connectivity index (χ1n) is 6.01. The van der Waals surface area contributed by atoms with Crippen molar-refractivity contribution in [3.8, 4) is 0 Å². The minimum atomic E-state index is -4.48. The Morgan fingerprint density at radius 2 is 2.21 bits per heavy atom. The average Bonchev–Trinajstić information content (AvgIpc) is 2.39. The fourth-order valence-electron chi connectivity index (χ4n) is 1.94. The lowest BCUT2D eigenvalue weighted by Gasteiger charge is -2.23. The molecule has 0 radical (unpaired) electrons. The zero-order valence-electron chi connectivity index (χ0n) is 10.1. The van der Waals surface area contributed by atoms with Gasteiger partial charge in [0, 0.05) is 18.8 Å². The van der Waals surface area contributed by atoms with Crippen LogP contribution in [0.1, 0.15) is 28.9 Å². The lowest BCUT2D eigenvalue weighted by molar-refractivity contribution is -0.141. The highest BCUT2D eigenvalue weighted by Gasteiger charge is 2.32. The van der Waals surface area contributed by atoms with E-state index >= 15 is 0 Å². The van der Waals surface area contributed by atoms with Gasteiger partial charge < -0.3 is 10.6 Å². The molecule has 19 heavy (non-hydrogen) atoms. The Balaban J connectivity index is 1.99. The Morgan fingerprint density at radius 3 is 2.74 bits per heavy atom. The van der Waals surface area contributed by atoms with E-state index in [1.807, 2.05) is 0 Å². The van der Waals surface area contributed by atoms with Gasteiger partial charge in [0.25, 0.3) is 5.91 Å². The topological polar surface area (TPSA) is 54.0 Å². The van der Waals surface area contributed by atoms with Gasteiger partial charge in [-0.1, -0.05) is 0 Å². The molecule has 0 aliphatic carbocycles. The number of amides is 1. The Labute approximate surface area is 108 Å². The van der Waals surface area contributed by atoms with Crippen molar-refractivity contribution in [2.75, 3.05) is 13.1 Å². The van der Waals surface area contributed by atoms with Gasteiger partial charge in [-0.2, -0.15) is 13.2 Å². The predicted octanol–water partition coefficient (Wildman–Crippen LogP) is 1.58. The molecule has 1 aromatic heterocycles. The lowest BCUT2D eigenvalue weighted by atomic mass is 10.1. The number of alkyl halides is 3. The van der Waals surface area contributed by atoms with Gasteiger partial charge in [-0.15, -0.1) is 0 Å². The van der Waals surface area contributed by atoms with Crippen molar-refractivity contribution in [2.24, 2.45) is 0 Å². The molecule has 4 nitrogen and oxygen atoms in total. The van der Waals surface area contributed by atoms with Crippen LogP contribution in [0.2, 0.25) is 0 Å². The molecule has 2 N–H and O–H groups in total. The number of pyridine rings is 1. The number of nitrogens with one attached hydrogen (secondary N) is 2. The summed E-state index contributed by atoms with van der Waals surface area (Å²) in [4.78, 5) is 15.1. The normalized spacial score (nSPS) is 20.1. The molecule has 0 saturated carbocycles. The van der Waals surface area contributed by atoms with Gasteiger partial charge in [0.05, 0.1) is 5.56 Å². The molecule has 1 aromatic rings. The summed E-state index contributed by atoms with van der Waals surface area (Å²) in [5.74, 6) is -0.394. The standard InChI is InChI=1S/C12H14F3N3O/c13-12(14,15)10-4-3-8(6-17-10)11(19)18-9-2-1-5-16-7-9/h3-4,6,9,16H,1-2,5,7H2,(H,18,19)/t9-/m0/s1. The van der Waals surface area contributed by atoms with E-state index < -0.39 is 17.8 Å². The number of carbonyl (C=O) groups is 1. The fourth-order valence-corrected chi connectivity index (χ4v) is 1.94. The Morgan fingerprint density at radius 1 is 1.42 bits per heavy atom. The molecule has 1 fully saturated rings. The lowest BCUT2D eigenvalue weighted by Crippen LogP contribution is -2.45. The molecule has 0 bridgehead atoms. The van der Waals surface area contributed by atoms with E-state index in [9.17, 15) is 18.0 Å². The van der Waals surface area contributed by atoms with Crippen LogP contribution in [0.3, 0.4) is 0 Å². The Bertz CT molecular complexity index is 439. The molecule has 0 unspecified atom stereocenters. The summed E-state index contributed by atoms with van der Waals surface area (Å²) in [5, 5.41) is 5.91. The van der Waals surface area contributed by atoms with Gasteiger partial charge in [-0.05, 0) is 31.5 Å². The van der Waals surface area contributed by atoms with Crippen molar-refractivity contribution in [3.05, 3.63) is 29.6 Å². The second-order valence-corrected chi connectivity index (χ2v) is 4.45. The average molecular weight is 273 g/mol. The zero-order chi connectivity index (χ0) is 13.9. The maximum atomic E-state index is 12.3. The molecule has 1 amide bonds. The number of rotatable bonds is 2. The van der Waals surface area contributed by atoms with Crippen molar-refractivity contribution < 1.29 is 18.0 Å². The molecule has 1 aliphatic rings. The number of nitrogens with zero attached hydrogens (tertiary/aromatic N) is 1. The van der Waals surface area contributed by atoms with E-state index in [2.05, 4.69) is 15.6 Å². The van der Waals surface area contributed by atoms with Gasteiger partial charge in [0.2, 0.25) is 0 Å². The van der Waals surface area contributed by atoms with Gasteiger partial charge in [0.1, 0.15) is 5.69 Å². The van der Waals surface area contributed by atoms with E-state index in [-0.39, 0.29) is 11.6 Å². The Kier molecular flexibility index (Phi) is 4.04. The summed E-state index contributed by atoms with van der Waals surface area (Å²) in [6.07, 6.45) is -1.69. The van der Waals surface area contributed by atoms with E-state index in [1.165, 1.54) is 0 Å². The third-order valence-corrected chi connectivity index (χ3v) is 2.95. The summed E-state index contributed by atoms with van der Waals surface area (Å²) < 4.78 is 37.0. The summed E-state index contributed by atoms with van der Waals surface area (Å²) in [6, 6.07) is 1.97. The minimum absolute atomic E-state index is 0.0172. The van der Waals surface area contributed by atoms with E-state index in [0.717, 1.165) is 37.7 Å². The summed E-state index contributed by atoms with van der Waals surface area (Å²) in [7, 11) is 0. The van der Waals surface area contributed by atoms with Crippen LogP contribution in [0.5, 0.6) is 0 Å². The van der Waals surface area contributed by atoms with Crippen LogP contribution in [0, 0.1) is 0 Å². The number of halogens is 3. The SMILES string of the molecule is O=C(N[C@H]1CCCNC1)c1ccc(C(F)(F)F)nc1. The number of carbonyl (C=O) groups excluding carboxylic acids is 1. The maximum absolute atomic E-state index is 12.3. The molecule has 1 saturated heterocycles. The predicted molar refractivity (Wildman–Crippen MR) is 62.6 cm³/mol. The molecule has 7 heteroatoms. The third kappa shape index (κ3) is 3.66.